The Bertz CT molecular complexity index is 767. The highest BCUT2D eigenvalue weighted by Gasteiger charge is 2.24. The van der Waals surface area contributed by atoms with Gasteiger partial charge in [0.2, 0.25) is 0 Å². The van der Waals surface area contributed by atoms with Crippen molar-refractivity contribution in [2.24, 2.45) is 0 Å². The van der Waals surface area contributed by atoms with Gasteiger partial charge in [-0.05, 0) is 41.3 Å². The molecule has 2 atom stereocenters. The molecule has 2 aromatic carbocycles. The van der Waals surface area contributed by atoms with Gasteiger partial charge >= 0.3 is 0 Å². The second-order valence-corrected chi connectivity index (χ2v) is 7.48. The fourth-order valence-corrected chi connectivity index (χ4v) is 3.27. The molecule has 152 valence electrons. The van der Waals surface area contributed by atoms with Crippen molar-refractivity contribution >= 4 is 0 Å². The van der Waals surface area contributed by atoms with Gasteiger partial charge in [-0.25, -0.2) is 8.78 Å². The number of benzene rings is 2. The SMILES string of the molecule is CC(C)c1ccc(OCC(O)CN2CCOC(c3ccc(F)c(F)c3)C2)cc1. The van der Waals surface area contributed by atoms with E-state index in [1.54, 1.807) is 0 Å². The summed E-state index contributed by atoms with van der Waals surface area (Å²) in [6.45, 7) is 6.52. The number of aliphatic hydroxyl groups is 1. The van der Waals surface area contributed by atoms with Crippen LogP contribution in [-0.4, -0.2) is 49.0 Å². The predicted octanol–water partition coefficient (Wildman–Crippen LogP) is 3.90. The van der Waals surface area contributed by atoms with Crippen molar-refractivity contribution in [2.45, 2.75) is 32.0 Å². The van der Waals surface area contributed by atoms with Crippen molar-refractivity contribution in [2.75, 3.05) is 32.8 Å². The molecule has 2 unspecified atom stereocenters. The van der Waals surface area contributed by atoms with E-state index >= 15 is 0 Å². The van der Waals surface area contributed by atoms with Crippen molar-refractivity contribution in [1.82, 2.24) is 4.90 Å². The average Bonchev–Trinajstić information content (AvgIpc) is 2.69. The van der Waals surface area contributed by atoms with Crippen LogP contribution in [-0.2, 0) is 4.74 Å². The third-order valence-electron chi connectivity index (χ3n) is 4.92. The van der Waals surface area contributed by atoms with Gasteiger partial charge in [0.25, 0.3) is 0 Å². The second kappa shape index (κ2) is 9.45. The molecule has 6 heteroatoms. The molecule has 1 fully saturated rings. The molecule has 3 rings (SSSR count). The summed E-state index contributed by atoms with van der Waals surface area (Å²) in [7, 11) is 0. The number of ether oxygens (including phenoxy) is 2. The molecule has 28 heavy (non-hydrogen) atoms. The number of β-amino-alcohol motifs (C(OH)–C–C–N with tert-alkyl or cyclic N) is 1. The van der Waals surface area contributed by atoms with Gasteiger partial charge in [-0.1, -0.05) is 32.0 Å². The van der Waals surface area contributed by atoms with E-state index in [1.807, 2.05) is 29.2 Å². The second-order valence-electron chi connectivity index (χ2n) is 7.48. The van der Waals surface area contributed by atoms with Crippen LogP contribution >= 0.6 is 0 Å². The fourth-order valence-electron chi connectivity index (χ4n) is 3.27. The smallest absolute Gasteiger partial charge is 0.159 e. The van der Waals surface area contributed by atoms with Crippen LogP contribution in [0.4, 0.5) is 8.78 Å². The van der Waals surface area contributed by atoms with Gasteiger partial charge in [0, 0.05) is 19.6 Å². The van der Waals surface area contributed by atoms with Crippen LogP contribution in [0.3, 0.4) is 0 Å². The molecular weight excluding hydrogens is 364 g/mol. The van der Waals surface area contributed by atoms with E-state index < -0.39 is 17.7 Å². The summed E-state index contributed by atoms with van der Waals surface area (Å²) < 4.78 is 38.0. The van der Waals surface area contributed by atoms with Gasteiger partial charge in [0.05, 0.1) is 12.7 Å². The van der Waals surface area contributed by atoms with Gasteiger partial charge in [-0.3, -0.25) is 4.90 Å². The predicted molar refractivity (Wildman–Crippen MR) is 104 cm³/mol. The van der Waals surface area contributed by atoms with E-state index in [0.717, 1.165) is 11.8 Å². The van der Waals surface area contributed by atoms with E-state index in [2.05, 4.69) is 13.8 Å². The first-order valence-corrected chi connectivity index (χ1v) is 9.62. The Kier molecular flexibility index (Phi) is 6.99. The standard InChI is InChI=1S/C22H27F2NO3/c1-15(2)16-3-6-19(7-4-16)28-14-18(26)12-25-9-10-27-22(13-25)17-5-8-20(23)21(24)11-17/h3-8,11,15,18,22,26H,9-10,12-14H2,1-2H3. The third kappa shape index (κ3) is 5.50. The minimum absolute atomic E-state index is 0.189. The van der Waals surface area contributed by atoms with Crippen LogP contribution < -0.4 is 4.74 Å². The Labute approximate surface area is 164 Å². The quantitative estimate of drug-likeness (QED) is 0.777. The van der Waals surface area contributed by atoms with E-state index in [9.17, 15) is 13.9 Å². The monoisotopic (exact) mass is 391 g/mol. The number of halogens is 2. The normalized spacial score (nSPS) is 19.0. The fraction of sp³-hybridized carbons (Fsp3) is 0.455. The number of nitrogens with zero attached hydrogens (tertiary/aromatic N) is 1. The number of hydrogen-bond donors (Lipinski definition) is 1. The summed E-state index contributed by atoms with van der Waals surface area (Å²) >= 11 is 0. The lowest BCUT2D eigenvalue weighted by atomic mass is 10.0. The molecule has 4 nitrogen and oxygen atoms in total. The van der Waals surface area contributed by atoms with Crippen LogP contribution in [0, 0.1) is 11.6 Å². The van der Waals surface area contributed by atoms with Crippen molar-refractivity contribution in [3.8, 4) is 5.75 Å². The van der Waals surface area contributed by atoms with E-state index in [-0.39, 0.29) is 12.7 Å². The Morgan fingerprint density at radius 1 is 1.14 bits per heavy atom. The molecule has 2 aromatic rings. The molecule has 1 aliphatic heterocycles. The van der Waals surface area contributed by atoms with Gasteiger partial charge in [0.1, 0.15) is 18.5 Å². The van der Waals surface area contributed by atoms with Crippen molar-refractivity contribution in [3.05, 3.63) is 65.2 Å². The minimum Gasteiger partial charge on any atom is -0.491 e. The zero-order valence-electron chi connectivity index (χ0n) is 16.3. The summed E-state index contributed by atoms with van der Waals surface area (Å²) in [5.74, 6) is -0.561. The molecule has 0 radical (unpaired) electrons. The first-order chi connectivity index (χ1) is 13.4. The van der Waals surface area contributed by atoms with Crippen molar-refractivity contribution in [3.63, 3.8) is 0 Å². The van der Waals surface area contributed by atoms with Crippen LogP contribution in [0.15, 0.2) is 42.5 Å². The number of hydrogen-bond acceptors (Lipinski definition) is 4. The highest BCUT2D eigenvalue weighted by molar-refractivity contribution is 5.28. The lowest BCUT2D eigenvalue weighted by Crippen LogP contribution is -2.43. The molecular formula is C22H27F2NO3. The largest absolute Gasteiger partial charge is 0.491 e. The van der Waals surface area contributed by atoms with E-state index in [1.165, 1.54) is 17.7 Å². The molecule has 1 saturated heterocycles. The maximum atomic E-state index is 13.5. The van der Waals surface area contributed by atoms with Crippen LogP contribution in [0.1, 0.15) is 37.0 Å². The van der Waals surface area contributed by atoms with E-state index in [4.69, 9.17) is 9.47 Å². The molecule has 0 saturated carbocycles. The highest BCUT2D eigenvalue weighted by Crippen LogP contribution is 2.24. The van der Waals surface area contributed by atoms with E-state index in [0.29, 0.717) is 37.7 Å². The molecule has 1 aliphatic rings. The van der Waals surface area contributed by atoms with Crippen molar-refractivity contribution in [1.29, 1.82) is 0 Å². The Morgan fingerprint density at radius 3 is 2.57 bits per heavy atom. The summed E-state index contributed by atoms with van der Waals surface area (Å²) in [5, 5.41) is 10.3. The number of aliphatic hydroxyl groups excluding tert-OH is 1. The van der Waals surface area contributed by atoms with Crippen LogP contribution in [0.2, 0.25) is 0 Å². The summed E-state index contributed by atoms with van der Waals surface area (Å²) in [6, 6.07) is 11.7. The molecule has 0 aromatic heterocycles. The average molecular weight is 391 g/mol. The lowest BCUT2D eigenvalue weighted by molar-refractivity contribution is -0.0460. The summed E-state index contributed by atoms with van der Waals surface area (Å²) in [5.41, 5.74) is 1.84. The number of rotatable bonds is 7. The summed E-state index contributed by atoms with van der Waals surface area (Å²) in [4.78, 5) is 2.05. The van der Waals surface area contributed by atoms with Crippen LogP contribution in [0.25, 0.3) is 0 Å². The first-order valence-electron chi connectivity index (χ1n) is 9.62. The van der Waals surface area contributed by atoms with Gasteiger partial charge in [-0.2, -0.15) is 0 Å². The molecule has 0 amide bonds. The number of morpholine rings is 1. The van der Waals surface area contributed by atoms with Crippen LogP contribution in [0.5, 0.6) is 5.75 Å². The molecule has 1 N–H and O–H groups in total. The molecule has 0 spiro atoms. The highest BCUT2D eigenvalue weighted by atomic mass is 19.2. The minimum atomic E-state index is -0.879. The topological polar surface area (TPSA) is 41.9 Å². The Balaban J connectivity index is 1.49. The molecule has 0 aliphatic carbocycles. The maximum absolute atomic E-state index is 13.5. The Hall–Kier alpha value is -2.02. The van der Waals surface area contributed by atoms with Gasteiger partial charge in [0.15, 0.2) is 11.6 Å². The van der Waals surface area contributed by atoms with Gasteiger partial charge in [-0.15, -0.1) is 0 Å². The lowest BCUT2D eigenvalue weighted by Gasteiger charge is -2.34. The molecule has 1 heterocycles. The third-order valence-corrected chi connectivity index (χ3v) is 4.92. The maximum Gasteiger partial charge on any atom is 0.159 e. The summed E-state index contributed by atoms with van der Waals surface area (Å²) in [6.07, 6.45) is -1.01. The van der Waals surface area contributed by atoms with Crippen molar-refractivity contribution < 1.29 is 23.4 Å². The Morgan fingerprint density at radius 2 is 1.89 bits per heavy atom. The van der Waals surface area contributed by atoms with Gasteiger partial charge < -0.3 is 14.6 Å². The zero-order valence-corrected chi connectivity index (χ0v) is 16.3. The molecule has 0 bridgehead atoms. The first kappa shape index (κ1) is 20.7. The zero-order chi connectivity index (χ0) is 20.1.